The average Bonchev–Trinajstić information content (AvgIpc) is 3.04. The van der Waals surface area contributed by atoms with Crippen molar-refractivity contribution in [1.82, 2.24) is 0 Å². The van der Waals surface area contributed by atoms with Crippen LogP contribution in [0.5, 0.6) is 0 Å². The molecule has 0 spiro atoms. The fraction of sp³-hybridized carbons (Fsp3) is 1.00. The van der Waals surface area contributed by atoms with Gasteiger partial charge in [0.15, 0.2) is 12.4 Å². The summed E-state index contributed by atoms with van der Waals surface area (Å²) in [6, 6.07) is 0. The molecule has 324 valence electrons. The van der Waals surface area contributed by atoms with E-state index in [4.69, 9.17) is 18.8 Å². The second-order valence-corrected chi connectivity index (χ2v) is 17.5. The summed E-state index contributed by atoms with van der Waals surface area (Å²) in [4.78, 5) is 0. The molecule has 0 aliphatic carbocycles. The van der Waals surface area contributed by atoms with Crippen LogP contribution in [0.3, 0.4) is 0 Å². The van der Waals surface area contributed by atoms with Crippen LogP contribution in [0.2, 0.25) is 0 Å². The second-order valence-electron chi connectivity index (χ2n) is 13.3. The zero-order chi connectivity index (χ0) is 40.5. The van der Waals surface area contributed by atoms with Gasteiger partial charge in [-0.25, -0.2) is 16.7 Å². The highest BCUT2D eigenvalue weighted by atomic mass is 32.3. The lowest BCUT2D eigenvalue weighted by molar-refractivity contribution is -0.286. The number of rotatable bonds is 35. The van der Waals surface area contributed by atoms with Crippen LogP contribution < -0.4 is 0 Å². The highest BCUT2D eigenvalue weighted by Gasteiger charge is 2.54. The van der Waals surface area contributed by atoms with Crippen LogP contribution in [-0.2, 0) is 72.5 Å². The molecule has 0 unspecified atom stereocenters. The van der Waals surface area contributed by atoms with Crippen molar-refractivity contribution in [3.63, 3.8) is 0 Å². The molecule has 1 fully saturated rings. The first-order valence-electron chi connectivity index (χ1n) is 18.7. The molecule has 4 N–H and O–H groups in total. The standard InChI is InChI=1S/C31H62O19S4/c1-2-3-4-5-6-7-8-9-10-11-12-13-14-15-16-17-18-19-20-21-23-44-24-22-25-45-31-30(50-54(41,42)43)29(49-53(38,39)40)28(48-52(35,36)37)27(47-31)26-46-51(32,33)34/h27-31H,2-26H2,1H3,(H,32,33,34)(H,35,36,37)(H,38,39,40)(H,41,42,43)/t27-,28+,29+,30-,31-/m1/s1. The largest absolute Gasteiger partial charge is 0.397 e. The Morgan fingerprint density at radius 3 is 1.22 bits per heavy atom. The SMILES string of the molecule is CCCCCCCCCCCCCCCCCCCCCCOCCCO[C@@H]1O[C@H](COS(=O)(=O)O)[C@H](OS(=O)(=O)O)[C@H](OS(=O)(=O)O)[C@H]1OS(=O)(=O)O. The van der Waals surface area contributed by atoms with Crippen molar-refractivity contribution in [3.8, 4) is 0 Å². The van der Waals surface area contributed by atoms with E-state index >= 15 is 0 Å². The number of ether oxygens (including phenoxy) is 3. The van der Waals surface area contributed by atoms with E-state index in [1.54, 1.807) is 0 Å². The van der Waals surface area contributed by atoms with Crippen LogP contribution in [0.1, 0.15) is 142 Å². The van der Waals surface area contributed by atoms with Crippen molar-refractivity contribution in [3.05, 3.63) is 0 Å². The van der Waals surface area contributed by atoms with E-state index < -0.39 is 78.9 Å². The third-order valence-electron chi connectivity index (χ3n) is 8.53. The Kier molecular flexibility index (Phi) is 26.5. The van der Waals surface area contributed by atoms with Crippen LogP contribution in [0.4, 0.5) is 0 Å². The molecule has 1 aliphatic heterocycles. The predicted octanol–water partition coefficient (Wildman–Crippen LogP) is 5.34. The zero-order valence-electron chi connectivity index (χ0n) is 31.1. The monoisotopic (exact) mass is 866 g/mol. The van der Waals surface area contributed by atoms with Crippen molar-refractivity contribution in [2.75, 3.05) is 26.4 Å². The summed E-state index contributed by atoms with van der Waals surface area (Å²) in [5.41, 5.74) is 0. The first kappa shape index (κ1) is 51.4. The maximum atomic E-state index is 11.6. The highest BCUT2D eigenvalue weighted by molar-refractivity contribution is 7.81. The minimum Gasteiger partial charge on any atom is -0.381 e. The van der Waals surface area contributed by atoms with Crippen LogP contribution in [0, 0.1) is 0 Å². The second kappa shape index (κ2) is 27.9. The fourth-order valence-electron chi connectivity index (χ4n) is 5.97. The van der Waals surface area contributed by atoms with Gasteiger partial charge in [0.1, 0.15) is 18.3 Å². The summed E-state index contributed by atoms with van der Waals surface area (Å²) in [5.74, 6) is 0. The van der Waals surface area contributed by atoms with E-state index in [0.29, 0.717) is 6.61 Å². The van der Waals surface area contributed by atoms with Gasteiger partial charge in [0.2, 0.25) is 0 Å². The van der Waals surface area contributed by atoms with Gasteiger partial charge in [0.25, 0.3) is 0 Å². The lowest BCUT2D eigenvalue weighted by Crippen LogP contribution is -2.63. The quantitative estimate of drug-likeness (QED) is 0.0462. The number of hydrogen-bond acceptors (Lipinski definition) is 15. The van der Waals surface area contributed by atoms with Crippen LogP contribution in [0.25, 0.3) is 0 Å². The first-order valence-corrected chi connectivity index (χ1v) is 24.2. The van der Waals surface area contributed by atoms with E-state index in [-0.39, 0.29) is 19.6 Å². The molecular formula is C31H62O19S4. The Labute approximate surface area is 322 Å². The molecule has 0 aromatic rings. The summed E-state index contributed by atoms with van der Waals surface area (Å²) in [7, 11) is -21.9. The zero-order valence-corrected chi connectivity index (χ0v) is 34.4. The third kappa shape index (κ3) is 28.7. The Hall–Kier alpha value is -0.640. The first-order chi connectivity index (χ1) is 25.3. The molecule has 5 atom stereocenters. The van der Waals surface area contributed by atoms with Crippen LogP contribution in [-0.4, -0.2) is 109 Å². The molecule has 1 heterocycles. The van der Waals surface area contributed by atoms with Gasteiger partial charge in [0.05, 0.1) is 13.2 Å². The lowest BCUT2D eigenvalue weighted by atomic mass is 9.99. The Morgan fingerprint density at radius 1 is 0.444 bits per heavy atom. The van der Waals surface area contributed by atoms with E-state index in [0.717, 1.165) is 25.7 Å². The molecule has 0 aromatic carbocycles. The van der Waals surface area contributed by atoms with Crippen LogP contribution >= 0.6 is 0 Å². The molecule has 1 saturated heterocycles. The molecule has 19 nitrogen and oxygen atoms in total. The molecule has 1 aliphatic rings. The van der Waals surface area contributed by atoms with E-state index in [1.165, 1.54) is 103 Å². The molecule has 54 heavy (non-hydrogen) atoms. The number of hydrogen-bond donors (Lipinski definition) is 4. The Bertz CT molecular complexity index is 1410. The van der Waals surface area contributed by atoms with Gasteiger partial charge in [0, 0.05) is 13.2 Å². The van der Waals surface area contributed by atoms with Gasteiger partial charge in [-0.05, 0) is 12.8 Å². The van der Waals surface area contributed by atoms with Gasteiger partial charge < -0.3 is 14.2 Å². The fourth-order valence-corrected chi connectivity index (χ4v) is 7.77. The molecule has 23 heteroatoms. The third-order valence-corrected chi connectivity index (χ3v) is 10.4. The maximum Gasteiger partial charge on any atom is 0.397 e. The maximum absolute atomic E-state index is 11.6. The molecule has 0 saturated carbocycles. The van der Waals surface area contributed by atoms with E-state index in [9.17, 15) is 47.3 Å². The van der Waals surface area contributed by atoms with Crippen molar-refractivity contribution in [2.45, 2.75) is 172 Å². The highest BCUT2D eigenvalue weighted by Crippen LogP contribution is 2.32. The van der Waals surface area contributed by atoms with Crippen molar-refractivity contribution < 1.29 is 82.8 Å². The predicted molar refractivity (Wildman–Crippen MR) is 195 cm³/mol. The normalized spacial score (nSPS) is 21.5. The Balaban J connectivity index is 2.37. The van der Waals surface area contributed by atoms with Gasteiger partial charge in [-0.2, -0.15) is 33.7 Å². The summed E-state index contributed by atoms with van der Waals surface area (Å²) in [5, 5.41) is 0. The van der Waals surface area contributed by atoms with E-state index in [2.05, 4.69) is 23.7 Å². The molecular weight excluding hydrogens is 805 g/mol. The van der Waals surface area contributed by atoms with Crippen molar-refractivity contribution in [1.29, 1.82) is 0 Å². The van der Waals surface area contributed by atoms with Gasteiger partial charge in [-0.3, -0.25) is 18.2 Å². The van der Waals surface area contributed by atoms with Crippen molar-refractivity contribution >= 4 is 41.6 Å². The molecule has 1 rings (SSSR count). The summed E-state index contributed by atoms with van der Waals surface area (Å²) in [6.45, 7) is 1.18. The summed E-state index contributed by atoms with van der Waals surface area (Å²) in [6.07, 6.45) is 13.6. The Morgan fingerprint density at radius 2 is 0.815 bits per heavy atom. The molecule has 0 bridgehead atoms. The minimum atomic E-state index is -5.60. The summed E-state index contributed by atoms with van der Waals surface area (Å²) < 4.78 is 161. The molecule has 0 amide bonds. The van der Waals surface area contributed by atoms with Crippen molar-refractivity contribution in [2.24, 2.45) is 0 Å². The topological polar surface area (TPSA) is 282 Å². The van der Waals surface area contributed by atoms with Gasteiger partial charge in [-0.15, -0.1) is 0 Å². The lowest BCUT2D eigenvalue weighted by Gasteiger charge is -2.43. The van der Waals surface area contributed by atoms with E-state index in [1.807, 2.05) is 0 Å². The molecule has 0 radical (unpaired) electrons. The average molecular weight is 867 g/mol. The minimum absolute atomic E-state index is 0.138. The summed E-state index contributed by atoms with van der Waals surface area (Å²) >= 11 is 0. The van der Waals surface area contributed by atoms with Gasteiger partial charge >= 0.3 is 41.6 Å². The molecule has 0 aromatic heterocycles. The van der Waals surface area contributed by atoms with Gasteiger partial charge in [-0.1, -0.05) is 129 Å². The van der Waals surface area contributed by atoms with Crippen LogP contribution in [0.15, 0.2) is 0 Å². The smallest absolute Gasteiger partial charge is 0.381 e. The number of unbranched alkanes of at least 4 members (excludes halogenated alkanes) is 19.